The average molecular weight is 1210 g/mol. The number of aliphatic hydroxyl groups is 8. The highest BCUT2D eigenvalue weighted by molar-refractivity contribution is 5.76. The summed E-state index contributed by atoms with van der Waals surface area (Å²) < 4.78 is 22.9. The van der Waals surface area contributed by atoms with Crippen molar-refractivity contribution in [2.24, 2.45) is 0 Å². The minimum atomic E-state index is -1.78. The van der Waals surface area contributed by atoms with E-state index in [0.717, 1.165) is 51.4 Å². The molecule has 12 atom stereocenters. The molecular formula is C71H139NO13. The normalized spacial score (nSPS) is 23.4. The van der Waals surface area contributed by atoms with E-state index in [9.17, 15) is 45.6 Å². The molecular weight excluding hydrogens is 1070 g/mol. The summed E-state index contributed by atoms with van der Waals surface area (Å²) in [5.74, 6) is -0.197. The molecule has 0 aromatic heterocycles. The smallest absolute Gasteiger partial charge is 0.220 e. The van der Waals surface area contributed by atoms with Crippen LogP contribution in [0.1, 0.15) is 354 Å². The predicted octanol–water partition coefficient (Wildman–Crippen LogP) is 15.2. The van der Waals surface area contributed by atoms with Gasteiger partial charge in [0.15, 0.2) is 12.6 Å². The van der Waals surface area contributed by atoms with Gasteiger partial charge in [0.1, 0.15) is 48.8 Å². The molecule has 0 aliphatic carbocycles. The van der Waals surface area contributed by atoms with Crippen LogP contribution in [0.3, 0.4) is 0 Å². The topological polar surface area (TPSA) is 228 Å². The lowest BCUT2D eigenvalue weighted by molar-refractivity contribution is -0.359. The van der Waals surface area contributed by atoms with Crippen LogP contribution in [-0.4, -0.2) is 140 Å². The minimum Gasteiger partial charge on any atom is -0.394 e. The molecule has 2 heterocycles. The lowest BCUT2D eigenvalue weighted by Gasteiger charge is -2.46. The van der Waals surface area contributed by atoms with Gasteiger partial charge in [-0.1, -0.05) is 335 Å². The second-order valence-electron chi connectivity index (χ2n) is 26.4. The third-order valence-electron chi connectivity index (χ3n) is 18.6. The third kappa shape index (κ3) is 41.2. The fourth-order valence-electron chi connectivity index (χ4n) is 12.7. The van der Waals surface area contributed by atoms with Crippen LogP contribution in [0.4, 0.5) is 0 Å². The van der Waals surface area contributed by atoms with Crippen LogP contribution in [0.15, 0.2) is 0 Å². The highest BCUT2D eigenvalue weighted by Gasteiger charge is 2.51. The lowest BCUT2D eigenvalue weighted by Crippen LogP contribution is -2.65. The van der Waals surface area contributed by atoms with Gasteiger partial charge in [-0.3, -0.25) is 4.79 Å². The summed E-state index contributed by atoms with van der Waals surface area (Å²) >= 11 is 0. The summed E-state index contributed by atoms with van der Waals surface area (Å²) in [4.78, 5) is 13.3. The van der Waals surface area contributed by atoms with Gasteiger partial charge in [-0.15, -0.1) is 0 Å². The lowest BCUT2D eigenvalue weighted by atomic mass is 9.97. The van der Waals surface area contributed by atoms with Gasteiger partial charge >= 0.3 is 0 Å². The molecule has 0 aromatic carbocycles. The standard InChI is InChI=1S/C71H139NO13/c1-3-5-7-9-11-13-15-17-19-21-22-23-24-25-26-27-28-29-30-31-32-33-34-35-36-37-38-39-41-43-45-47-49-51-53-55-63(76)72-59(60(75)54-52-50-48-46-44-42-40-20-18-16-14-12-10-8-6-4-2)58-82-70-68(81)66(79)69(62(57-74)84-70)85-71-67(80)65(78)64(77)61(56-73)83-71/h59-62,64-71,73-75,77-81H,3-58H2,1-2H3,(H,72,76). The van der Waals surface area contributed by atoms with Crippen molar-refractivity contribution in [1.82, 2.24) is 5.32 Å². The van der Waals surface area contributed by atoms with Crippen molar-refractivity contribution in [3.05, 3.63) is 0 Å². The van der Waals surface area contributed by atoms with E-state index in [2.05, 4.69) is 19.2 Å². The maximum atomic E-state index is 13.3. The van der Waals surface area contributed by atoms with Crippen molar-refractivity contribution in [3.63, 3.8) is 0 Å². The first kappa shape index (κ1) is 80.1. The highest BCUT2D eigenvalue weighted by atomic mass is 16.7. The molecule has 14 nitrogen and oxygen atoms in total. The molecule has 2 rings (SSSR count). The molecule has 0 saturated carbocycles. The molecule has 1 amide bonds. The zero-order chi connectivity index (χ0) is 61.6. The van der Waals surface area contributed by atoms with E-state index < -0.39 is 86.8 Å². The number of unbranched alkanes of at least 4 members (excludes halogenated alkanes) is 49. The first-order valence-electron chi connectivity index (χ1n) is 36.8. The number of nitrogens with one attached hydrogen (secondary N) is 1. The summed E-state index contributed by atoms with van der Waals surface area (Å²) in [6.45, 7) is 2.92. The molecule has 0 bridgehead atoms. The number of carbonyl (C=O) groups excluding carboxylic acids is 1. The summed E-state index contributed by atoms with van der Waals surface area (Å²) in [6.07, 6.45) is 51.5. The van der Waals surface area contributed by atoms with Crippen LogP contribution in [0, 0.1) is 0 Å². The Labute approximate surface area is 521 Å². The summed E-state index contributed by atoms with van der Waals surface area (Å²) in [7, 11) is 0. The number of amides is 1. The van der Waals surface area contributed by atoms with E-state index in [0.29, 0.717) is 12.8 Å². The van der Waals surface area contributed by atoms with Crippen molar-refractivity contribution in [2.75, 3.05) is 19.8 Å². The third-order valence-corrected chi connectivity index (χ3v) is 18.6. The van der Waals surface area contributed by atoms with Gasteiger partial charge < -0.3 is 65.1 Å². The quantitative estimate of drug-likeness (QED) is 0.0259. The van der Waals surface area contributed by atoms with Gasteiger partial charge in [-0.05, 0) is 12.8 Å². The van der Waals surface area contributed by atoms with Crippen molar-refractivity contribution >= 4 is 5.91 Å². The van der Waals surface area contributed by atoms with Gasteiger partial charge in [0.2, 0.25) is 5.91 Å². The zero-order valence-corrected chi connectivity index (χ0v) is 55.1. The molecule has 0 aromatic rings. The molecule has 2 aliphatic heterocycles. The van der Waals surface area contributed by atoms with E-state index in [1.54, 1.807) is 0 Å². The summed E-state index contributed by atoms with van der Waals surface area (Å²) in [5, 5.41) is 87.5. The molecule has 9 N–H and O–H groups in total. The Bertz CT molecular complexity index is 1430. The number of hydrogen-bond acceptors (Lipinski definition) is 13. The molecule has 0 spiro atoms. The fourth-order valence-corrected chi connectivity index (χ4v) is 12.7. The van der Waals surface area contributed by atoms with Crippen LogP contribution < -0.4 is 5.32 Å². The zero-order valence-electron chi connectivity index (χ0n) is 55.1. The SMILES string of the molecule is CCCCCCCCCCCCCCCCCCCCCCCCCCCCCCCCCCCCCC(=O)NC(COC1OC(CO)C(OC2OC(CO)C(O)C(O)C2O)C(O)C1O)C(O)CCCCCCCCCCCCCCCCCC. The Hall–Kier alpha value is -1.01. The molecule has 506 valence electrons. The van der Waals surface area contributed by atoms with Crippen molar-refractivity contribution in [2.45, 2.75) is 428 Å². The maximum absolute atomic E-state index is 13.3. The monoisotopic (exact) mass is 1210 g/mol. The second-order valence-corrected chi connectivity index (χ2v) is 26.4. The second kappa shape index (κ2) is 56.9. The van der Waals surface area contributed by atoms with Gasteiger partial charge in [-0.2, -0.15) is 0 Å². The molecule has 12 unspecified atom stereocenters. The molecule has 2 aliphatic rings. The van der Waals surface area contributed by atoms with E-state index in [1.165, 1.54) is 276 Å². The first-order chi connectivity index (χ1) is 41.6. The molecule has 85 heavy (non-hydrogen) atoms. The van der Waals surface area contributed by atoms with E-state index in [4.69, 9.17) is 18.9 Å². The first-order valence-corrected chi connectivity index (χ1v) is 36.8. The Balaban J connectivity index is 1.57. The Morgan fingerprint density at radius 3 is 1.00 bits per heavy atom. The van der Waals surface area contributed by atoms with Crippen LogP contribution in [-0.2, 0) is 23.7 Å². The molecule has 2 saturated heterocycles. The largest absolute Gasteiger partial charge is 0.394 e. The number of aliphatic hydroxyl groups excluding tert-OH is 8. The van der Waals surface area contributed by atoms with Gasteiger partial charge in [0.05, 0.1) is 32.0 Å². The number of hydrogen-bond donors (Lipinski definition) is 9. The Morgan fingerprint density at radius 1 is 0.376 bits per heavy atom. The van der Waals surface area contributed by atoms with Crippen molar-refractivity contribution < 1.29 is 64.6 Å². The maximum Gasteiger partial charge on any atom is 0.220 e. The Morgan fingerprint density at radius 2 is 0.671 bits per heavy atom. The van der Waals surface area contributed by atoms with Gasteiger partial charge in [0, 0.05) is 6.42 Å². The van der Waals surface area contributed by atoms with E-state index >= 15 is 0 Å². The minimum absolute atomic E-state index is 0.197. The van der Waals surface area contributed by atoms with Gasteiger partial charge in [-0.25, -0.2) is 0 Å². The van der Waals surface area contributed by atoms with Crippen LogP contribution in [0.25, 0.3) is 0 Å². The van der Waals surface area contributed by atoms with E-state index in [1.807, 2.05) is 0 Å². The van der Waals surface area contributed by atoms with Crippen molar-refractivity contribution in [3.8, 4) is 0 Å². The highest BCUT2D eigenvalue weighted by Crippen LogP contribution is 2.30. The Kier molecular flexibility index (Phi) is 53.6. The molecule has 14 heteroatoms. The fraction of sp³-hybridized carbons (Fsp3) is 0.986. The summed E-state index contributed by atoms with van der Waals surface area (Å²) in [6, 6.07) is -0.824. The van der Waals surface area contributed by atoms with Crippen molar-refractivity contribution in [1.29, 1.82) is 0 Å². The van der Waals surface area contributed by atoms with Crippen LogP contribution >= 0.6 is 0 Å². The predicted molar refractivity (Wildman–Crippen MR) is 346 cm³/mol. The van der Waals surface area contributed by atoms with Crippen LogP contribution in [0.2, 0.25) is 0 Å². The molecule has 0 radical (unpaired) electrons. The number of ether oxygens (including phenoxy) is 4. The number of carbonyl (C=O) groups is 1. The number of rotatable bonds is 62. The molecule has 2 fully saturated rings. The van der Waals surface area contributed by atoms with E-state index in [-0.39, 0.29) is 12.5 Å². The average Bonchev–Trinajstić information content (AvgIpc) is 3.70. The summed E-state index contributed by atoms with van der Waals surface area (Å²) in [5.41, 5.74) is 0. The van der Waals surface area contributed by atoms with Crippen LogP contribution in [0.5, 0.6) is 0 Å². The van der Waals surface area contributed by atoms with Gasteiger partial charge in [0.25, 0.3) is 0 Å².